The third kappa shape index (κ3) is 2.73. The molecule has 0 saturated carbocycles. The molecule has 7 heteroatoms. The molecule has 0 unspecified atom stereocenters. The van der Waals surface area contributed by atoms with E-state index in [9.17, 15) is 9.18 Å². The first-order chi connectivity index (χ1) is 10.1. The summed E-state index contributed by atoms with van der Waals surface area (Å²) in [5.74, 6) is -0.133. The summed E-state index contributed by atoms with van der Waals surface area (Å²) in [5.41, 5.74) is 6.41. The molecule has 1 aromatic heterocycles. The molecule has 0 bridgehead atoms. The maximum atomic E-state index is 13.0. The molecule has 5 nitrogen and oxygen atoms in total. The molecule has 0 aliphatic carbocycles. The smallest absolute Gasteiger partial charge is 0.278 e. The van der Waals surface area contributed by atoms with E-state index in [2.05, 4.69) is 10.3 Å². The summed E-state index contributed by atoms with van der Waals surface area (Å²) in [7, 11) is 0. The number of anilines is 1. The van der Waals surface area contributed by atoms with Crippen LogP contribution in [0.1, 0.15) is 0 Å². The number of nitrogens with two attached hydrogens (primary N) is 1. The van der Waals surface area contributed by atoms with Crippen LogP contribution in [0.2, 0.25) is 0 Å². The van der Waals surface area contributed by atoms with E-state index < -0.39 is 0 Å². The van der Waals surface area contributed by atoms with Crippen molar-refractivity contribution in [2.24, 2.45) is 0 Å². The van der Waals surface area contributed by atoms with Gasteiger partial charge in [-0.1, -0.05) is 29.1 Å². The van der Waals surface area contributed by atoms with E-state index in [1.807, 2.05) is 0 Å². The fraction of sp³-hybridized carbons (Fsp3) is 0.0714. The number of thioether (sulfide) groups is 1. The Morgan fingerprint density at radius 3 is 2.86 bits per heavy atom. The van der Waals surface area contributed by atoms with E-state index in [4.69, 9.17) is 5.73 Å². The monoisotopic (exact) mass is 302 g/mol. The Morgan fingerprint density at radius 2 is 2.05 bits per heavy atom. The molecule has 3 rings (SSSR count). The van der Waals surface area contributed by atoms with Crippen molar-refractivity contribution < 1.29 is 4.39 Å². The molecule has 0 amide bonds. The Kier molecular flexibility index (Phi) is 3.57. The summed E-state index contributed by atoms with van der Waals surface area (Å²) in [6.45, 7) is 0. The van der Waals surface area contributed by atoms with E-state index in [-0.39, 0.29) is 17.3 Å². The van der Waals surface area contributed by atoms with Crippen molar-refractivity contribution in [2.45, 2.75) is 10.8 Å². The van der Waals surface area contributed by atoms with Gasteiger partial charge >= 0.3 is 0 Å². The summed E-state index contributed by atoms with van der Waals surface area (Å²) in [4.78, 5) is 12.9. The minimum atomic E-state index is -0.389. The lowest BCUT2D eigenvalue weighted by atomic mass is 10.2. The number of fused-ring (bicyclic) bond motifs is 1. The third-order valence-corrected chi connectivity index (χ3v) is 4.00. The van der Waals surface area contributed by atoms with E-state index in [0.29, 0.717) is 21.5 Å². The molecule has 1 heterocycles. The number of rotatable bonds is 3. The zero-order valence-electron chi connectivity index (χ0n) is 10.9. The van der Waals surface area contributed by atoms with Crippen LogP contribution >= 0.6 is 11.8 Å². The lowest BCUT2D eigenvalue weighted by Crippen LogP contribution is -2.23. The van der Waals surface area contributed by atoms with Gasteiger partial charge in [-0.3, -0.25) is 4.79 Å². The largest absolute Gasteiger partial charge is 0.398 e. The summed E-state index contributed by atoms with van der Waals surface area (Å²) in [6, 6.07) is 11.2. The molecular weight excluding hydrogens is 291 g/mol. The second kappa shape index (κ2) is 5.53. The van der Waals surface area contributed by atoms with Crippen LogP contribution in [0.3, 0.4) is 0 Å². The Morgan fingerprint density at radius 1 is 1.24 bits per heavy atom. The first kappa shape index (κ1) is 13.6. The van der Waals surface area contributed by atoms with E-state index in [1.165, 1.54) is 28.6 Å². The van der Waals surface area contributed by atoms with Gasteiger partial charge in [0.15, 0.2) is 0 Å². The van der Waals surface area contributed by atoms with Crippen molar-refractivity contribution in [2.75, 3.05) is 5.73 Å². The van der Waals surface area contributed by atoms with Gasteiger partial charge in [-0.2, -0.15) is 0 Å². The molecule has 0 radical (unpaired) electrons. The third-order valence-electron chi connectivity index (χ3n) is 2.94. The molecule has 21 heavy (non-hydrogen) atoms. The number of aromatic nitrogens is 3. The topological polar surface area (TPSA) is 73.8 Å². The predicted molar refractivity (Wildman–Crippen MR) is 80.5 cm³/mol. The molecule has 0 fully saturated rings. The second-order valence-electron chi connectivity index (χ2n) is 4.37. The van der Waals surface area contributed by atoms with Crippen LogP contribution in [0.4, 0.5) is 10.1 Å². The first-order valence-corrected chi connectivity index (χ1v) is 7.14. The first-order valence-electron chi connectivity index (χ1n) is 6.15. The molecule has 2 aromatic carbocycles. The van der Waals surface area contributed by atoms with Gasteiger partial charge in [0, 0.05) is 10.6 Å². The number of hydrogen-bond donors (Lipinski definition) is 1. The van der Waals surface area contributed by atoms with Crippen molar-refractivity contribution in [3.63, 3.8) is 0 Å². The highest BCUT2D eigenvalue weighted by molar-refractivity contribution is 7.98. The average Bonchev–Trinajstić information content (AvgIpc) is 2.48. The maximum absolute atomic E-state index is 13.0. The number of nitrogen functional groups attached to an aromatic ring is 1. The van der Waals surface area contributed by atoms with Crippen LogP contribution < -0.4 is 11.3 Å². The zero-order valence-corrected chi connectivity index (χ0v) is 11.7. The molecule has 0 saturated heterocycles. The molecule has 0 aliphatic heterocycles. The van der Waals surface area contributed by atoms with Crippen LogP contribution in [0.5, 0.6) is 0 Å². The van der Waals surface area contributed by atoms with Gasteiger partial charge in [0.05, 0.1) is 11.3 Å². The van der Waals surface area contributed by atoms with Gasteiger partial charge in [0.2, 0.25) is 0 Å². The number of nitrogens with zero attached hydrogens (tertiary/aromatic N) is 3. The highest BCUT2D eigenvalue weighted by Crippen LogP contribution is 2.26. The van der Waals surface area contributed by atoms with Crippen LogP contribution in [0.25, 0.3) is 10.9 Å². The standard InChI is InChI=1S/C14H11FN4OS/c15-9-5-6-13(11(16)7-9)21-8-19-14(20)10-3-1-2-4-12(10)17-18-19/h1-7H,8,16H2. The Bertz CT molecular complexity index is 865. The van der Waals surface area contributed by atoms with Gasteiger partial charge in [-0.05, 0) is 30.3 Å². The summed E-state index contributed by atoms with van der Waals surface area (Å²) >= 11 is 1.30. The fourth-order valence-electron chi connectivity index (χ4n) is 1.89. The fourth-order valence-corrected chi connectivity index (χ4v) is 2.71. The van der Waals surface area contributed by atoms with Crippen LogP contribution in [0.15, 0.2) is 52.2 Å². The average molecular weight is 302 g/mol. The molecule has 0 spiro atoms. The van der Waals surface area contributed by atoms with Crippen molar-refractivity contribution in [1.29, 1.82) is 0 Å². The minimum Gasteiger partial charge on any atom is -0.398 e. The van der Waals surface area contributed by atoms with Gasteiger partial charge < -0.3 is 5.73 Å². The molecular formula is C14H11FN4OS. The second-order valence-corrected chi connectivity index (χ2v) is 5.35. The molecule has 0 aliphatic rings. The van der Waals surface area contributed by atoms with Gasteiger partial charge in [-0.15, -0.1) is 5.10 Å². The Labute approximate surface area is 123 Å². The molecule has 2 N–H and O–H groups in total. The minimum absolute atomic E-state index is 0.214. The van der Waals surface area contributed by atoms with Gasteiger partial charge in [0.25, 0.3) is 5.56 Å². The highest BCUT2D eigenvalue weighted by atomic mass is 32.2. The molecule has 106 valence electrons. The maximum Gasteiger partial charge on any atom is 0.278 e. The zero-order chi connectivity index (χ0) is 14.8. The number of benzene rings is 2. The summed E-state index contributed by atoms with van der Waals surface area (Å²) in [6.07, 6.45) is 0. The molecule has 0 atom stereocenters. The van der Waals surface area contributed by atoms with E-state index in [0.717, 1.165) is 0 Å². The molecule has 3 aromatic rings. The van der Waals surface area contributed by atoms with Gasteiger partial charge in [0.1, 0.15) is 11.3 Å². The van der Waals surface area contributed by atoms with E-state index in [1.54, 1.807) is 30.3 Å². The predicted octanol–water partition coefficient (Wildman–Crippen LogP) is 2.26. The highest BCUT2D eigenvalue weighted by Gasteiger charge is 2.07. The lowest BCUT2D eigenvalue weighted by Gasteiger charge is -2.07. The van der Waals surface area contributed by atoms with Crippen molar-refractivity contribution in [1.82, 2.24) is 15.0 Å². The lowest BCUT2D eigenvalue weighted by molar-refractivity contribution is 0.627. The summed E-state index contributed by atoms with van der Waals surface area (Å²) < 4.78 is 14.2. The quantitative estimate of drug-likeness (QED) is 0.593. The van der Waals surface area contributed by atoms with Crippen LogP contribution in [-0.4, -0.2) is 15.0 Å². The van der Waals surface area contributed by atoms with Gasteiger partial charge in [-0.25, -0.2) is 9.07 Å². The van der Waals surface area contributed by atoms with Crippen molar-refractivity contribution in [3.8, 4) is 0 Å². The Balaban J connectivity index is 1.88. The summed E-state index contributed by atoms with van der Waals surface area (Å²) in [5, 5.41) is 8.40. The van der Waals surface area contributed by atoms with Crippen LogP contribution in [0, 0.1) is 5.82 Å². The SMILES string of the molecule is Nc1cc(F)ccc1SCn1nnc2ccccc2c1=O. The number of hydrogen-bond acceptors (Lipinski definition) is 5. The Hall–Kier alpha value is -2.41. The van der Waals surface area contributed by atoms with Crippen LogP contribution in [-0.2, 0) is 5.88 Å². The van der Waals surface area contributed by atoms with E-state index >= 15 is 0 Å². The van der Waals surface area contributed by atoms with Crippen molar-refractivity contribution >= 4 is 28.4 Å². The normalized spacial score (nSPS) is 10.9. The van der Waals surface area contributed by atoms with Crippen molar-refractivity contribution in [3.05, 3.63) is 58.6 Å². The number of halogens is 1.